The summed E-state index contributed by atoms with van der Waals surface area (Å²) < 4.78 is 20.1. The van der Waals surface area contributed by atoms with Gasteiger partial charge in [0.15, 0.2) is 11.7 Å². The molecule has 4 rings (SSSR count). The van der Waals surface area contributed by atoms with Crippen molar-refractivity contribution in [2.24, 2.45) is 0 Å². The van der Waals surface area contributed by atoms with Gasteiger partial charge >= 0.3 is 0 Å². The average molecular weight is 411 g/mol. The van der Waals surface area contributed by atoms with Gasteiger partial charge in [0.2, 0.25) is 5.91 Å². The second-order valence-corrected chi connectivity index (χ2v) is 8.10. The summed E-state index contributed by atoms with van der Waals surface area (Å²) in [4.78, 5) is 18.4. The quantitative estimate of drug-likeness (QED) is 0.695. The fourth-order valence-corrected chi connectivity index (χ4v) is 3.84. The molecule has 7 nitrogen and oxygen atoms in total. The molecular weight excluding hydrogens is 385 g/mol. The molecule has 1 saturated heterocycles. The first-order chi connectivity index (χ1) is 14.4. The van der Waals surface area contributed by atoms with E-state index in [4.69, 9.17) is 4.42 Å². The average Bonchev–Trinajstić information content (AvgIpc) is 3.15. The summed E-state index contributed by atoms with van der Waals surface area (Å²) in [6, 6.07) is 7.58. The van der Waals surface area contributed by atoms with Gasteiger partial charge in [-0.15, -0.1) is 0 Å². The zero-order valence-electron chi connectivity index (χ0n) is 17.4. The number of alkyl halides is 1. The molecule has 3 heterocycles. The van der Waals surface area contributed by atoms with Crippen LogP contribution >= 0.6 is 0 Å². The summed E-state index contributed by atoms with van der Waals surface area (Å²) in [5.74, 6) is 1.15. The molecule has 1 N–H and O–H groups in total. The van der Waals surface area contributed by atoms with Gasteiger partial charge in [-0.25, -0.2) is 9.37 Å². The summed E-state index contributed by atoms with van der Waals surface area (Å²) in [6.07, 6.45) is 1.32. The third-order valence-corrected chi connectivity index (χ3v) is 5.32. The van der Waals surface area contributed by atoms with Crippen molar-refractivity contribution in [3.63, 3.8) is 0 Å². The minimum Gasteiger partial charge on any atom is -0.441 e. The van der Waals surface area contributed by atoms with E-state index in [1.807, 2.05) is 38.1 Å². The van der Waals surface area contributed by atoms with Gasteiger partial charge < -0.3 is 14.6 Å². The second kappa shape index (κ2) is 8.47. The summed E-state index contributed by atoms with van der Waals surface area (Å²) in [6.45, 7) is 6.44. The van der Waals surface area contributed by atoms with Crippen LogP contribution in [0.2, 0.25) is 0 Å². The van der Waals surface area contributed by atoms with E-state index in [0.717, 1.165) is 16.5 Å². The lowest BCUT2D eigenvalue weighted by Crippen LogP contribution is -2.54. The summed E-state index contributed by atoms with van der Waals surface area (Å²) >= 11 is 0. The molecule has 1 fully saturated rings. The molecule has 0 unspecified atom stereocenters. The van der Waals surface area contributed by atoms with Crippen molar-refractivity contribution in [2.45, 2.75) is 51.9 Å². The number of benzene rings is 1. The van der Waals surface area contributed by atoms with Gasteiger partial charge in [-0.3, -0.25) is 4.79 Å². The molecule has 0 aliphatic carbocycles. The third kappa shape index (κ3) is 4.48. The summed E-state index contributed by atoms with van der Waals surface area (Å²) in [5.41, 5.74) is 2.18. The van der Waals surface area contributed by atoms with E-state index in [0.29, 0.717) is 30.3 Å². The predicted octanol–water partition coefficient (Wildman–Crippen LogP) is 3.07. The number of aryl methyl sites for hydroxylation is 1. The van der Waals surface area contributed by atoms with Crippen LogP contribution in [0.1, 0.15) is 31.9 Å². The first-order valence-corrected chi connectivity index (χ1v) is 10.3. The van der Waals surface area contributed by atoms with Crippen molar-refractivity contribution >= 4 is 16.8 Å². The van der Waals surface area contributed by atoms with E-state index in [-0.39, 0.29) is 31.0 Å². The van der Waals surface area contributed by atoms with Crippen LogP contribution in [-0.4, -0.2) is 57.3 Å². The first-order valence-electron chi connectivity index (χ1n) is 10.3. The van der Waals surface area contributed by atoms with E-state index in [1.54, 1.807) is 18.0 Å². The molecule has 2 atom stereocenters. The normalized spacial score (nSPS) is 19.6. The maximum Gasteiger partial charge on any atom is 0.228 e. The molecule has 2 aromatic heterocycles. The molecule has 3 aromatic rings. The number of amides is 1. The van der Waals surface area contributed by atoms with E-state index >= 15 is 0 Å². The van der Waals surface area contributed by atoms with Gasteiger partial charge in [0.05, 0.1) is 30.4 Å². The van der Waals surface area contributed by atoms with Crippen LogP contribution in [0.3, 0.4) is 0 Å². The van der Waals surface area contributed by atoms with Gasteiger partial charge in [0.1, 0.15) is 6.17 Å². The van der Waals surface area contributed by atoms with Crippen molar-refractivity contribution < 1.29 is 13.6 Å². The number of carbonyl (C=O) groups excluding carboxylic acids is 1. The number of fused-ring (bicyclic) bond motifs is 1. The van der Waals surface area contributed by atoms with Crippen molar-refractivity contribution in [2.75, 3.05) is 13.1 Å². The molecule has 8 heteroatoms. The number of nitrogens with zero attached hydrogens (tertiary/aromatic N) is 4. The molecule has 1 aromatic carbocycles. The smallest absolute Gasteiger partial charge is 0.228 e. The Kier molecular flexibility index (Phi) is 5.76. The van der Waals surface area contributed by atoms with Gasteiger partial charge in [-0.2, -0.15) is 10.2 Å². The number of halogens is 1. The number of rotatable bonds is 5. The SMILES string of the molecule is Cc1ncc(-c2ccc3nnc(CC(=O)N4CC[C@H](NC(C)C)[C@@H](F)C4)cc3c2)o1. The number of likely N-dealkylation sites (tertiary alicyclic amines) is 1. The number of carbonyl (C=O) groups is 1. The Labute approximate surface area is 174 Å². The molecule has 0 bridgehead atoms. The number of piperidine rings is 1. The fourth-order valence-electron chi connectivity index (χ4n) is 3.84. The van der Waals surface area contributed by atoms with E-state index in [9.17, 15) is 9.18 Å². The van der Waals surface area contributed by atoms with Crippen molar-refractivity contribution in [3.8, 4) is 11.3 Å². The Morgan fingerprint density at radius 2 is 2.17 bits per heavy atom. The Hall–Kier alpha value is -2.87. The van der Waals surface area contributed by atoms with Crippen LogP contribution in [0, 0.1) is 6.92 Å². The fraction of sp³-hybridized carbons (Fsp3) is 0.455. The largest absolute Gasteiger partial charge is 0.441 e. The number of hydrogen-bond donors (Lipinski definition) is 1. The topological polar surface area (TPSA) is 84.2 Å². The summed E-state index contributed by atoms with van der Waals surface area (Å²) in [5, 5.41) is 12.5. The van der Waals surface area contributed by atoms with Crippen molar-refractivity contribution in [1.82, 2.24) is 25.4 Å². The lowest BCUT2D eigenvalue weighted by Gasteiger charge is -2.36. The van der Waals surface area contributed by atoms with E-state index < -0.39 is 6.17 Å². The molecule has 0 saturated carbocycles. The van der Waals surface area contributed by atoms with Gasteiger partial charge in [0.25, 0.3) is 0 Å². The minimum atomic E-state index is -1.07. The van der Waals surface area contributed by atoms with Crippen LogP contribution in [-0.2, 0) is 11.2 Å². The Morgan fingerprint density at radius 1 is 1.33 bits per heavy atom. The van der Waals surface area contributed by atoms with Crippen LogP contribution in [0.15, 0.2) is 34.9 Å². The lowest BCUT2D eigenvalue weighted by atomic mass is 10.0. The molecule has 1 aliphatic rings. The first kappa shape index (κ1) is 20.4. The standard InChI is InChI=1S/C22H26FN5O2/c1-13(2)25-20-6-7-28(12-18(20)23)22(29)10-17-9-16-8-15(4-5-19(16)27-26-17)21-11-24-14(3)30-21/h4-5,8-9,11,13,18,20,25H,6-7,10,12H2,1-3H3/t18-,20-/m0/s1. The van der Waals surface area contributed by atoms with Gasteiger partial charge in [-0.1, -0.05) is 13.8 Å². The second-order valence-electron chi connectivity index (χ2n) is 8.10. The summed E-state index contributed by atoms with van der Waals surface area (Å²) in [7, 11) is 0. The monoisotopic (exact) mass is 411 g/mol. The van der Waals surface area contributed by atoms with Crippen molar-refractivity contribution in [3.05, 3.63) is 42.0 Å². The van der Waals surface area contributed by atoms with Gasteiger partial charge in [0, 0.05) is 36.5 Å². The zero-order valence-corrected chi connectivity index (χ0v) is 17.4. The predicted molar refractivity (Wildman–Crippen MR) is 112 cm³/mol. The Balaban J connectivity index is 1.46. The van der Waals surface area contributed by atoms with E-state index in [2.05, 4.69) is 20.5 Å². The van der Waals surface area contributed by atoms with Crippen LogP contribution in [0.25, 0.3) is 22.2 Å². The van der Waals surface area contributed by atoms with Crippen LogP contribution in [0.4, 0.5) is 4.39 Å². The number of aromatic nitrogens is 3. The number of nitrogens with one attached hydrogen (secondary N) is 1. The number of hydrogen-bond acceptors (Lipinski definition) is 6. The highest BCUT2D eigenvalue weighted by atomic mass is 19.1. The highest BCUT2D eigenvalue weighted by Gasteiger charge is 2.31. The molecular formula is C22H26FN5O2. The molecule has 1 amide bonds. The number of oxazole rings is 1. The zero-order chi connectivity index (χ0) is 21.3. The molecule has 1 aliphatic heterocycles. The lowest BCUT2D eigenvalue weighted by molar-refractivity contribution is -0.133. The van der Waals surface area contributed by atoms with Crippen molar-refractivity contribution in [1.29, 1.82) is 0 Å². The maximum atomic E-state index is 14.5. The third-order valence-electron chi connectivity index (χ3n) is 5.32. The molecule has 158 valence electrons. The van der Waals surface area contributed by atoms with E-state index in [1.165, 1.54) is 0 Å². The minimum absolute atomic E-state index is 0.101. The van der Waals surface area contributed by atoms with Gasteiger partial charge in [-0.05, 0) is 30.7 Å². The van der Waals surface area contributed by atoms with Crippen LogP contribution < -0.4 is 5.32 Å². The highest BCUT2D eigenvalue weighted by Crippen LogP contribution is 2.24. The molecule has 30 heavy (non-hydrogen) atoms. The Bertz CT molecular complexity index is 1050. The molecule has 0 spiro atoms. The maximum absolute atomic E-state index is 14.5. The highest BCUT2D eigenvalue weighted by molar-refractivity contribution is 5.85. The van der Waals surface area contributed by atoms with Crippen LogP contribution in [0.5, 0.6) is 0 Å². The Morgan fingerprint density at radius 3 is 2.87 bits per heavy atom. The molecule has 0 radical (unpaired) electrons.